The van der Waals surface area contributed by atoms with E-state index >= 15 is 0 Å². The number of amides is 1. The topological polar surface area (TPSA) is 139 Å². The SMILES string of the molecule is CCOC(=O)CON=C(C(=O)Nc1ccc(CO)cn1)c1ccn[nH]1. The number of hydrogen-bond donors (Lipinski definition) is 3. The summed E-state index contributed by atoms with van der Waals surface area (Å²) >= 11 is 0. The highest BCUT2D eigenvalue weighted by molar-refractivity contribution is 6.48. The number of aromatic amines is 1. The van der Waals surface area contributed by atoms with Gasteiger partial charge in [-0.25, -0.2) is 9.78 Å². The average molecular weight is 347 g/mol. The summed E-state index contributed by atoms with van der Waals surface area (Å²) in [6.07, 6.45) is 2.87. The third-order valence-corrected chi connectivity index (χ3v) is 2.86. The molecule has 2 rings (SSSR count). The van der Waals surface area contributed by atoms with Gasteiger partial charge >= 0.3 is 5.97 Å². The van der Waals surface area contributed by atoms with Gasteiger partial charge in [0.1, 0.15) is 5.82 Å². The van der Waals surface area contributed by atoms with Crippen LogP contribution in [0.2, 0.25) is 0 Å². The Morgan fingerprint density at radius 3 is 2.80 bits per heavy atom. The number of carbonyl (C=O) groups is 2. The van der Waals surface area contributed by atoms with Gasteiger partial charge in [-0.2, -0.15) is 5.10 Å². The molecule has 10 heteroatoms. The molecule has 2 aromatic heterocycles. The second-order valence-corrected chi connectivity index (χ2v) is 4.65. The third-order valence-electron chi connectivity index (χ3n) is 2.86. The van der Waals surface area contributed by atoms with Gasteiger partial charge in [0.25, 0.3) is 5.91 Å². The Kier molecular flexibility index (Phi) is 6.60. The van der Waals surface area contributed by atoms with Gasteiger partial charge in [0.2, 0.25) is 6.61 Å². The summed E-state index contributed by atoms with van der Waals surface area (Å²) in [6, 6.07) is 4.68. The summed E-state index contributed by atoms with van der Waals surface area (Å²) < 4.78 is 4.71. The first-order valence-electron chi connectivity index (χ1n) is 7.36. The normalized spacial score (nSPS) is 11.0. The highest BCUT2D eigenvalue weighted by Gasteiger charge is 2.18. The lowest BCUT2D eigenvalue weighted by Gasteiger charge is -2.07. The van der Waals surface area contributed by atoms with Crippen LogP contribution >= 0.6 is 0 Å². The molecule has 0 aliphatic heterocycles. The molecule has 2 heterocycles. The van der Waals surface area contributed by atoms with E-state index in [-0.39, 0.29) is 24.7 Å². The lowest BCUT2D eigenvalue weighted by molar-refractivity contribution is -0.148. The number of anilines is 1. The zero-order valence-corrected chi connectivity index (χ0v) is 13.4. The van der Waals surface area contributed by atoms with E-state index in [2.05, 4.69) is 25.7 Å². The second kappa shape index (κ2) is 9.13. The van der Waals surface area contributed by atoms with Crippen LogP contribution in [0, 0.1) is 0 Å². The van der Waals surface area contributed by atoms with E-state index in [1.54, 1.807) is 13.0 Å². The molecule has 10 nitrogen and oxygen atoms in total. The monoisotopic (exact) mass is 347 g/mol. The summed E-state index contributed by atoms with van der Waals surface area (Å²) in [5.74, 6) is -0.950. The Labute approximate surface area is 142 Å². The summed E-state index contributed by atoms with van der Waals surface area (Å²) in [4.78, 5) is 32.5. The molecule has 1 amide bonds. The third kappa shape index (κ3) is 5.39. The van der Waals surface area contributed by atoms with Crippen molar-refractivity contribution < 1.29 is 24.3 Å². The summed E-state index contributed by atoms with van der Waals surface area (Å²) in [6.45, 7) is 1.31. The van der Waals surface area contributed by atoms with E-state index in [9.17, 15) is 9.59 Å². The predicted molar refractivity (Wildman–Crippen MR) is 86.5 cm³/mol. The first kappa shape index (κ1) is 18.1. The Morgan fingerprint density at radius 2 is 2.20 bits per heavy atom. The van der Waals surface area contributed by atoms with Crippen molar-refractivity contribution in [3.8, 4) is 0 Å². The number of H-pyrrole nitrogens is 1. The minimum Gasteiger partial charge on any atom is -0.463 e. The van der Waals surface area contributed by atoms with Gasteiger partial charge in [-0.1, -0.05) is 11.2 Å². The lowest BCUT2D eigenvalue weighted by Crippen LogP contribution is -2.25. The smallest absolute Gasteiger partial charge is 0.347 e. The van der Waals surface area contributed by atoms with Crippen molar-refractivity contribution in [2.45, 2.75) is 13.5 Å². The maximum Gasteiger partial charge on any atom is 0.347 e. The van der Waals surface area contributed by atoms with Crippen molar-refractivity contribution in [2.24, 2.45) is 5.16 Å². The van der Waals surface area contributed by atoms with Crippen molar-refractivity contribution in [2.75, 3.05) is 18.5 Å². The van der Waals surface area contributed by atoms with E-state index in [4.69, 9.17) is 14.7 Å². The number of rotatable bonds is 8. The fourth-order valence-corrected chi connectivity index (χ4v) is 1.72. The molecule has 0 aliphatic carbocycles. The predicted octanol–water partition coefficient (Wildman–Crippen LogP) is 0.219. The maximum absolute atomic E-state index is 12.4. The van der Waals surface area contributed by atoms with Gasteiger partial charge in [0, 0.05) is 12.4 Å². The number of nitrogens with zero attached hydrogens (tertiary/aromatic N) is 3. The van der Waals surface area contributed by atoms with E-state index in [1.165, 1.54) is 24.5 Å². The van der Waals surface area contributed by atoms with E-state index in [1.807, 2.05) is 0 Å². The first-order valence-corrected chi connectivity index (χ1v) is 7.36. The number of aliphatic hydroxyl groups excluding tert-OH is 1. The zero-order chi connectivity index (χ0) is 18.1. The van der Waals surface area contributed by atoms with Crippen molar-refractivity contribution >= 4 is 23.4 Å². The molecule has 0 fully saturated rings. The van der Waals surface area contributed by atoms with E-state index < -0.39 is 18.5 Å². The van der Waals surface area contributed by atoms with Crippen LogP contribution < -0.4 is 5.32 Å². The minimum atomic E-state index is -0.614. The van der Waals surface area contributed by atoms with Crippen molar-refractivity contribution in [3.05, 3.63) is 41.9 Å². The molecule has 0 spiro atoms. The Bertz CT molecular complexity index is 727. The number of aliphatic hydroxyl groups is 1. The van der Waals surface area contributed by atoms with Crippen LogP contribution in [-0.2, 0) is 25.8 Å². The molecule has 0 unspecified atom stereocenters. The molecule has 0 aliphatic rings. The van der Waals surface area contributed by atoms with Gasteiger partial charge in [-0.05, 0) is 24.6 Å². The van der Waals surface area contributed by atoms with Gasteiger partial charge in [-0.3, -0.25) is 9.89 Å². The number of carbonyl (C=O) groups excluding carboxylic acids is 2. The number of pyridine rings is 1. The molecule has 132 valence electrons. The standard InChI is InChI=1S/C15H17N5O5/c1-2-24-13(22)9-25-20-14(11-5-6-17-19-11)15(23)18-12-4-3-10(8-21)7-16-12/h3-7,21H,2,8-9H2,1H3,(H,17,19)(H,16,18,23). The molecule has 2 aromatic rings. The van der Waals surface area contributed by atoms with Crippen molar-refractivity contribution in [1.29, 1.82) is 0 Å². The molecule has 0 atom stereocenters. The van der Waals surface area contributed by atoms with Crippen LogP contribution in [0.4, 0.5) is 5.82 Å². The van der Waals surface area contributed by atoms with Crippen LogP contribution in [0.15, 0.2) is 35.7 Å². The maximum atomic E-state index is 12.4. The van der Waals surface area contributed by atoms with Gasteiger partial charge in [0.05, 0.1) is 18.9 Å². The molecule has 0 saturated carbocycles. The van der Waals surface area contributed by atoms with Crippen LogP contribution in [0.5, 0.6) is 0 Å². The van der Waals surface area contributed by atoms with E-state index in [0.29, 0.717) is 11.3 Å². The van der Waals surface area contributed by atoms with Crippen LogP contribution in [0.3, 0.4) is 0 Å². The molecular formula is C15H17N5O5. The molecule has 0 radical (unpaired) electrons. The number of aromatic nitrogens is 3. The van der Waals surface area contributed by atoms with E-state index in [0.717, 1.165) is 0 Å². The first-order chi connectivity index (χ1) is 12.1. The van der Waals surface area contributed by atoms with Gasteiger partial charge < -0.3 is 20.0 Å². The molecule has 0 bridgehead atoms. The fourth-order valence-electron chi connectivity index (χ4n) is 1.72. The molecule has 0 saturated heterocycles. The average Bonchev–Trinajstić information content (AvgIpc) is 3.13. The molecule has 3 N–H and O–H groups in total. The number of oxime groups is 1. The summed E-state index contributed by atoms with van der Waals surface area (Å²) in [7, 11) is 0. The molecule has 0 aromatic carbocycles. The Balaban J connectivity index is 2.08. The number of hydrogen-bond acceptors (Lipinski definition) is 8. The largest absolute Gasteiger partial charge is 0.463 e. The van der Waals surface area contributed by atoms with Crippen LogP contribution in [-0.4, -0.2) is 51.1 Å². The van der Waals surface area contributed by atoms with Crippen LogP contribution in [0.25, 0.3) is 0 Å². The highest BCUT2D eigenvalue weighted by atomic mass is 16.7. The Morgan fingerprint density at radius 1 is 1.36 bits per heavy atom. The fraction of sp³-hybridized carbons (Fsp3) is 0.267. The molecule has 25 heavy (non-hydrogen) atoms. The second-order valence-electron chi connectivity index (χ2n) is 4.65. The zero-order valence-electron chi connectivity index (χ0n) is 13.4. The quantitative estimate of drug-likeness (QED) is 0.352. The summed E-state index contributed by atoms with van der Waals surface area (Å²) in [5.41, 5.74) is 0.793. The summed E-state index contributed by atoms with van der Waals surface area (Å²) in [5, 5.41) is 21.6. The lowest BCUT2D eigenvalue weighted by atomic mass is 10.2. The van der Waals surface area contributed by atoms with Crippen LogP contribution in [0.1, 0.15) is 18.2 Å². The van der Waals surface area contributed by atoms with Crippen molar-refractivity contribution in [1.82, 2.24) is 15.2 Å². The van der Waals surface area contributed by atoms with Gasteiger partial charge in [0.15, 0.2) is 5.71 Å². The number of esters is 1. The Hall–Kier alpha value is -3.27. The molecular weight excluding hydrogens is 330 g/mol. The van der Waals surface area contributed by atoms with Crippen molar-refractivity contribution in [3.63, 3.8) is 0 Å². The highest BCUT2D eigenvalue weighted by Crippen LogP contribution is 2.07. The minimum absolute atomic E-state index is 0.116. The van der Waals surface area contributed by atoms with Gasteiger partial charge in [-0.15, -0.1) is 0 Å². The number of ether oxygens (including phenoxy) is 1. The number of nitrogens with one attached hydrogen (secondary N) is 2.